The fraction of sp³-hybridized carbons (Fsp3) is 0.611. The standard InChI is InChI=1S/C18H25ClN2OS.ClH/c1-2-8-21(11-15-6-7-16(19)23-15)18(22)14-9-12-4-3-5-13(10-14)17(12)20;/h2,6-7,12-14,17H,1,3-5,8-11,20H2;1H. The summed E-state index contributed by atoms with van der Waals surface area (Å²) in [6.07, 6.45) is 7.36. The molecule has 2 aliphatic rings. The van der Waals surface area contributed by atoms with E-state index in [0.717, 1.165) is 22.1 Å². The van der Waals surface area contributed by atoms with Gasteiger partial charge in [-0.1, -0.05) is 24.1 Å². The Labute approximate surface area is 159 Å². The second-order valence-corrected chi connectivity index (χ2v) is 8.71. The number of fused-ring (bicyclic) bond motifs is 2. The van der Waals surface area contributed by atoms with Gasteiger partial charge in [-0.3, -0.25) is 4.79 Å². The van der Waals surface area contributed by atoms with Gasteiger partial charge >= 0.3 is 0 Å². The molecule has 0 aliphatic heterocycles. The Hall–Kier alpha value is -0.550. The summed E-state index contributed by atoms with van der Waals surface area (Å²) < 4.78 is 0.768. The SMILES string of the molecule is C=CCN(Cc1ccc(Cl)s1)C(=O)C1CC2CCCC(C1)C2N.Cl. The van der Waals surface area contributed by atoms with Crippen molar-refractivity contribution in [1.82, 2.24) is 4.90 Å². The van der Waals surface area contributed by atoms with Gasteiger partial charge in [0.25, 0.3) is 0 Å². The van der Waals surface area contributed by atoms with E-state index in [0.29, 0.717) is 31.0 Å². The average Bonchev–Trinajstić information content (AvgIpc) is 2.91. The van der Waals surface area contributed by atoms with E-state index in [4.69, 9.17) is 17.3 Å². The minimum Gasteiger partial charge on any atom is -0.334 e. The highest BCUT2D eigenvalue weighted by Crippen LogP contribution is 2.42. The molecule has 1 amide bonds. The number of carbonyl (C=O) groups excluding carboxylic acids is 1. The van der Waals surface area contributed by atoms with E-state index in [-0.39, 0.29) is 24.2 Å². The number of nitrogens with two attached hydrogens (primary N) is 1. The summed E-state index contributed by atoms with van der Waals surface area (Å²) in [4.78, 5) is 16.1. The van der Waals surface area contributed by atoms with Gasteiger partial charge in [-0.2, -0.15) is 0 Å². The van der Waals surface area contributed by atoms with Gasteiger partial charge in [0.15, 0.2) is 0 Å². The fourth-order valence-electron chi connectivity index (χ4n) is 4.26. The molecular formula is C18H26Cl2N2OS. The Morgan fingerprint density at radius 3 is 2.58 bits per heavy atom. The largest absolute Gasteiger partial charge is 0.334 e. The van der Waals surface area contributed by atoms with Crippen LogP contribution in [0.5, 0.6) is 0 Å². The molecule has 3 nitrogen and oxygen atoms in total. The van der Waals surface area contributed by atoms with Gasteiger partial charge in [-0.15, -0.1) is 30.3 Å². The van der Waals surface area contributed by atoms with Crippen LogP contribution in [0.25, 0.3) is 0 Å². The summed E-state index contributed by atoms with van der Waals surface area (Å²) in [5.74, 6) is 1.44. The van der Waals surface area contributed by atoms with Crippen molar-refractivity contribution in [3.63, 3.8) is 0 Å². The highest BCUT2D eigenvalue weighted by atomic mass is 35.5. The first-order chi connectivity index (χ1) is 11.1. The van der Waals surface area contributed by atoms with E-state index in [1.807, 2.05) is 23.1 Å². The first-order valence-electron chi connectivity index (χ1n) is 8.48. The molecule has 134 valence electrons. The fourth-order valence-corrected chi connectivity index (χ4v) is 5.37. The Balaban J connectivity index is 0.00000208. The Morgan fingerprint density at radius 1 is 1.38 bits per heavy atom. The van der Waals surface area contributed by atoms with Crippen molar-refractivity contribution in [1.29, 1.82) is 0 Å². The van der Waals surface area contributed by atoms with E-state index < -0.39 is 0 Å². The lowest BCUT2D eigenvalue weighted by molar-refractivity contribution is -0.138. The van der Waals surface area contributed by atoms with Gasteiger partial charge in [0.05, 0.1) is 10.9 Å². The van der Waals surface area contributed by atoms with Crippen molar-refractivity contribution >= 4 is 41.3 Å². The molecule has 0 saturated heterocycles. The first kappa shape index (κ1) is 19.8. The zero-order valence-electron chi connectivity index (χ0n) is 13.8. The highest BCUT2D eigenvalue weighted by Gasteiger charge is 2.41. The quantitative estimate of drug-likeness (QED) is 0.755. The van der Waals surface area contributed by atoms with Crippen LogP contribution in [0.2, 0.25) is 4.34 Å². The normalized spacial score (nSPS) is 28.8. The molecule has 2 bridgehead atoms. The molecular weight excluding hydrogens is 363 g/mol. The van der Waals surface area contributed by atoms with Gasteiger partial charge in [0.1, 0.15) is 0 Å². The monoisotopic (exact) mass is 388 g/mol. The van der Waals surface area contributed by atoms with Gasteiger partial charge < -0.3 is 10.6 Å². The lowest BCUT2D eigenvalue weighted by Crippen LogP contribution is -2.49. The topological polar surface area (TPSA) is 46.3 Å². The molecule has 0 radical (unpaired) electrons. The van der Waals surface area contributed by atoms with Gasteiger partial charge in [0, 0.05) is 23.4 Å². The van der Waals surface area contributed by atoms with Gasteiger partial charge in [0.2, 0.25) is 5.91 Å². The zero-order valence-corrected chi connectivity index (χ0v) is 16.2. The third-order valence-electron chi connectivity index (χ3n) is 5.40. The summed E-state index contributed by atoms with van der Waals surface area (Å²) in [6.45, 7) is 5.02. The molecule has 2 N–H and O–H groups in total. The minimum absolute atomic E-state index is 0. The van der Waals surface area contributed by atoms with Crippen LogP contribution in [-0.4, -0.2) is 23.4 Å². The van der Waals surface area contributed by atoms with Crippen molar-refractivity contribution in [2.45, 2.75) is 44.7 Å². The smallest absolute Gasteiger partial charge is 0.226 e. The maximum absolute atomic E-state index is 13.0. The predicted octanol–water partition coefficient (Wildman–Crippen LogP) is 4.49. The van der Waals surface area contributed by atoms with E-state index >= 15 is 0 Å². The Bertz CT molecular complexity index is 563. The summed E-state index contributed by atoms with van der Waals surface area (Å²) in [5.41, 5.74) is 6.35. The molecule has 0 aromatic carbocycles. The molecule has 0 spiro atoms. The highest BCUT2D eigenvalue weighted by molar-refractivity contribution is 7.16. The summed E-state index contributed by atoms with van der Waals surface area (Å²) >= 11 is 7.55. The van der Waals surface area contributed by atoms with Crippen molar-refractivity contribution in [2.24, 2.45) is 23.5 Å². The van der Waals surface area contributed by atoms with E-state index in [2.05, 4.69) is 6.58 Å². The number of hydrogen-bond donors (Lipinski definition) is 1. The van der Waals surface area contributed by atoms with E-state index in [1.165, 1.54) is 19.3 Å². The molecule has 6 heteroatoms. The molecule has 24 heavy (non-hydrogen) atoms. The molecule has 1 aromatic rings. The Kier molecular flexibility index (Phi) is 7.17. The van der Waals surface area contributed by atoms with E-state index in [1.54, 1.807) is 11.3 Å². The summed E-state index contributed by atoms with van der Waals surface area (Å²) in [5, 5.41) is 0. The van der Waals surface area contributed by atoms with E-state index in [9.17, 15) is 4.79 Å². The first-order valence-corrected chi connectivity index (χ1v) is 9.67. The predicted molar refractivity (Wildman–Crippen MR) is 104 cm³/mol. The number of nitrogens with zero attached hydrogens (tertiary/aromatic N) is 1. The van der Waals surface area contributed by atoms with Gasteiger partial charge in [-0.25, -0.2) is 0 Å². The lowest BCUT2D eigenvalue weighted by atomic mass is 9.65. The molecule has 1 aromatic heterocycles. The van der Waals surface area contributed by atoms with Crippen molar-refractivity contribution in [3.05, 3.63) is 34.0 Å². The molecule has 2 atom stereocenters. The maximum atomic E-state index is 13.0. The van der Waals surface area contributed by atoms with Crippen LogP contribution in [0.15, 0.2) is 24.8 Å². The zero-order chi connectivity index (χ0) is 16.4. The number of thiophene rings is 1. The van der Waals surface area contributed by atoms with Gasteiger partial charge in [-0.05, 0) is 49.7 Å². The third-order valence-corrected chi connectivity index (χ3v) is 6.61. The molecule has 3 rings (SSSR count). The molecule has 2 aliphatic carbocycles. The number of halogens is 2. The number of amides is 1. The number of rotatable bonds is 5. The summed E-state index contributed by atoms with van der Waals surface area (Å²) in [7, 11) is 0. The summed E-state index contributed by atoms with van der Waals surface area (Å²) in [6, 6.07) is 4.20. The van der Waals surface area contributed by atoms with Crippen LogP contribution in [0, 0.1) is 17.8 Å². The lowest BCUT2D eigenvalue weighted by Gasteiger charge is -2.44. The molecule has 2 fully saturated rings. The van der Waals surface area contributed by atoms with Crippen molar-refractivity contribution in [2.75, 3.05) is 6.54 Å². The molecule has 1 heterocycles. The van der Waals surface area contributed by atoms with Crippen molar-refractivity contribution < 1.29 is 4.79 Å². The van der Waals surface area contributed by atoms with Crippen LogP contribution < -0.4 is 5.73 Å². The third kappa shape index (κ3) is 4.34. The maximum Gasteiger partial charge on any atom is 0.226 e. The second kappa shape index (κ2) is 8.70. The number of carbonyl (C=O) groups is 1. The molecule has 2 unspecified atom stereocenters. The van der Waals surface area contributed by atoms with Crippen LogP contribution in [0.1, 0.15) is 37.0 Å². The minimum atomic E-state index is 0. The second-order valence-electron chi connectivity index (χ2n) is 6.91. The van der Waals surface area contributed by atoms with Crippen LogP contribution >= 0.6 is 35.3 Å². The van der Waals surface area contributed by atoms with Crippen LogP contribution in [-0.2, 0) is 11.3 Å². The Morgan fingerprint density at radius 2 is 2.04 bits per heavy atom. The van der Waals surface area contributed by atoms with Crippen LogP contribution in [0.4, 0.5) is 0 Å². The average molecular weight is 389 g/mol. The molecule has 2 saturated carbocycles. The van der Waals surface area contributed by atoms with Crippen LogP contribution in [0.3, 0.4) is 0 Å². The van der Waals surface area contributed by atoms with Crippen molar-refractivity contribution in [3.8, 4) is 0 Å². The number of hydrogen-bond acceptors (Lipinski definition) is 3.